The Morgan fingerprint density at radius 3 is 2.22 bits per heavy atom. The van der Waals surface area contributed by atoms with Crippen molar-refractivity contribution in [2.24, 2.45) is 5.92 Å². The van der Waals surface area contributed by atoms with Gasteiger partial charge in [0, 0.05) is 22.9 Å². The zero-order valence-corrected chi connectivity index (χ0v) is 15.3. The molecule has 1 atom stereocenters. The molecule has 1 unspecified atom stereocenters. The van der Waals surface area contributed by atoms with Crippen LogP contribution in [0.1, 0.15) is 24.1 Å². The Balaban J connectivity index is 1.62. The summed E-state index contributed by atoms with van der Waals surface area (Å²) < 4.78 is 0. The Morgan fingerprint density at radius 1 is 0.778 bits per heavy atom. The summed E-state index contributed by atoms with van der Waals surface area (Å²) >= 11 is 0. The highest BCUT2D eigenvalue weighted by atomic mass is 14.7. The van der Waals surface area contributed by atoms with Gasteiger partial charge in [-0.15, -0.1) is 0 Å². The minimum absolute atomic E-state index is 0.351. The van der Waals surface area contributed by atoms with E-state index in [-0.39, 0.29) is 0 Å². The predicted molar refractivity (Wildman–Crippen MR) is 111 cm³/mol. The lowest BCUT2D eigenvalue weighted by Crippen LogP contribution is -2.07. The van der Waals surface area contributed by atoms with E-state index in [9.17, 15) is 5.26 Å². The van der Waals surface area contributed by atoms with Crippen molar-refractivity contribution in [2.45, 2.75) is 25.7 Å². The number of rotatable bonds is 6. The van der Waals surface area contributed by atoms with E-state index < -0.39 is 0 Å². The number of benzene rings is 3. The molecule has 0 amide bonds. The molecule has 1 heterocycles. The van der Waals surface area contributed by atoms with Gasteiger partial charge in [-0.3, -0.25) is 4.98 Å². The van der Waals surface area contributed by atoms with Crippen LogP contribution in [-0.4, -0.2) is 4.98 Å². The number of nitrogens with zero attached hydrogens (tertiary/aromatic N) is 2. The number of aryl methyl sites for hydroxylation is 1. The largest absolute Gasteiger partial charge is 0.252 e. The van der Waals surface area contributed by atoms with Gasteiger partial charge in [0.05, 0.1) is 11.6 Å². The van der Waals surface area contributed by atoms with Crippen molar-refractivity contribution in [3.05, 3.63) is 90.1 Å². The van der Waals surface area contributed by atoms with Gasteiger partial charge >= 0.3 is 0 Å². The molecule has 0 bridgehead atoms. The van der Waals surface area contributed by atoms with E-state index in [1.165, 1.54) is 21.7 Å². The van der Waals surface area contributed by atoms with E-state index in [0.29, 0.717) is 12.3 Å². The fraction of sp³-hybridized carbons (Fsp3) is 0.200. The number of hydrogen-bond donors (Lipinski definition) is 0. The summed E-state index contributed by atoms with van der Waals surface area (Å²) in [4.78, 5) is 4.96. The Bertz CT molecular complexity index is 1090. The minimum atomic E-state index is 0.351. The highest BCUT2D eigenvalue weighted by molar-refractivity contribution is 6.06. The van der Waals surface area contributed by atoms with Crippen LogP contribution >= 0.6 is 0 Å². The molecule has 0 spiro atoms. The zero-order chi connectivity index (χ0) is 18.5. The van der Waals surface area contributed by atoms with Gasteiger partial charge in [-0.25, -0.2) is 0 Å². The SMILES string of the molecule is N#CCC(CCc1nc2ccccc2c2ccccc12)Cc1ccccc1. The van der Waals surface area contributed by atoms with Crippen molar-refractivity contribution >= 4 is 21.7 Å². The van der Waals surface area contributed by atoms with Crippen LogP contribution < -0.4 is 0 Å². The molecule has 0 aliphatic rings. The predicted octanol–water partition coefficient (Wildman–Crippen LogP) is 6.09. The molecule has 2 heteroatoms. The topological polar surface area (TPSA) is 36.7 Å². The highest BCUT2D eigenvalue weighted by Gasteiger charge is 2.13. The Labute approximate surface area is 160 Å². The second-order valence-corrected chi connectivity index (χ2v) is 7.08. The van der Waals surface area contributed by atoms with Crippen LogP contribution in [0, 0.1) is 17.2 Å². The summed E-state index contributed by atoms with van der Waals surface area (Å²) in [6, 6.07) is 29.7. The first-order valence-corrected chi connectivity index (χ1v) is 9.52. The normalized spacial score (nSPS) is 12.1. The molecule has 27 heavy (non-hydrogen) atoms. The molecule has 0 aliphatic heterocycles. The van der Waals surface area contributed by atoms with Gasteiger partial charge in [-0.05, 0) is 42.2 Å². The molecule has 4 rings (SSSR count). The lowest BCUT2D eigenvalue weighted by atomic mass is 9.90. The maximum atomic E-state index is 9.26. The summed E-state index contributed by atoms with van der Waals surface area (Å²) in [5.41, 5.74) is 3.49. The first-order valence-electron chi connectivity index (χ1n) is 9.52. The van der Waals surface area contributed by atoms with Gasteiger partial charge in [0.2, 0.25) is 0 Å². The van der Waals surface area contributed by atoms with E-state index in [1.807, 2.05) is 12.1 Å². The molecule has 0 fully saturated rings. The second kappa shape index (κ2) is 8.01. The maximum absolute atomic E-state index is 9.26. The molecular formula is C25H22N2. The molecule has 0 saturated heterocycles. The van der Waals surface area contributed by atoms with E-state index in [4.69, 9.17) is 4.98 Å². The number of pyridine rings is 1. The first-order chi connectivity index (χ1) is 13.3. The molecule has 0 saturated carbocycles. The summed E-state index contributed by atoms with van der Waals surface area (Å²) in [5.74, 6) is 0.351. The van der Waals surface area contributed by atoms with Crippen LogP contribution in [0.15, 0.2) is 78.9 Å². The number of para-hydroxylation sites is 1. The lowest BCUT2D eigenvalue weighted by molar-refractivity contribution is 0.492. The first kappa shape index (κ1) is 17.2. The minimum Gasteiger partial charge on any atom is -0.252 e. The smallest absolute Gasteiger partial charge is 0.0711 e. The van der Waals surface area contributed by atoms with Crippen LogP contribution in [0.3, 0.4) is 0 Å². The quantitative estimate of drug-likeness (QED) is 0.394. The van der Waals surface area contributed by atoms with Crippen molar-refractivity contribution < 1.29 is 0 Å². The standard InChI is InChI=1S/C25H22N2/c26-17-16-20(18-19-8-2-1-3-9-19)14-15-25-23-11-5-4-10-21(23)22-12-6-7-13-24(22)27-25/h1-13,20H,14-16,18H2. The maximum Gasteiger partial charge on any atom is 0.0711 e. The van der Waals surface area contributed by atoms with Gasteiger partial charge in [0.1, 0.15) is 0 Å². The number of aromatic nitrogens is 1. The van der Waals surface area contributed by atoms with Crippen molar-refractivity contribution in [3.8, 4) is 6.07 Å². The van der Waals surface area contributed by atoms with Gasteiger partial charge in [-0.1, -0.05) is 72.8 Å². The molecule has 0 radical (unpaired) electrons. The summed E-state index contributed by atoms with van der Waals surface area (Å²) in [6.07, 6.45) is 3.39. The molecule has 3 aromatic carbocycles. The molecule has 4 aromatic rings. The lowest BCUT2D eigenvalue weighted by Gasteiger charge is -2.15. The highest BCUT2D eigenvalue weighted by Crippen LogP contribution is 2.28. The second-order valence-electron chi connectivity index (χ2n) is 7.08. The van der Waals surface area contributed by atoms with Crippen LogP contribution in [0.4, 0.5) is 0 Å². The fourth-order valence-electron chi connectivity index (χ4n) is 3.86. The Kier molecular flexibility index (Phi) is 5.12. The molecule has 0 N–H and O–H groups in total. The molecule has 0 aliphatic carbocycles. The third kappa shape index (κ3) is 3.83. The number of nitriles is 1. The summed E-state index contributed by atoms with van der Waals surface area (Å²) in [6.45, 7) is 0. The third-order valence-corrected chi connectivity index (χ3v) is 5.22. The summed E-state index contributed by atoms with van der Waals surface area (Å²) in [5, 5.41) is 13.0. The van der Waals surface area contributed by atoms with Gasteiger partial charge < -0.3 is 0 Å². The zero-order valence-electron chi connectivity index (χ0n) is 15.3. The Morgan fingerprint density at radius 2 is 1.44 bits per heavy atom. The molecule has 1 aromatic heterocycles. The van der Waals surface area contributed by atoms with Gasteiger partial charge in [-0.2, -0.15) is 5.26 Å². The monoisotopic (exact) mass is 350 g/mol. The van der Waals surface area contributed by atoms with Crippen molar-refractivity contribution in [3.63, 3.8) is 0 Å². The van der Waals surface area contributed by atoms with E-state index in [1.54, 1.807) is 0 Å². The van der Waals surface area contributed by atoms with E-state index in [0.717, 1.165) is 30.5 Å². The van der Waals surface area contributed by atoms with Crippen molar-refractivity contribution in [2.75, 3.05) is 0 Å². The fourth-order valence-corrected chi connectivity index (χ4v) is 3.86. The van der Waals surface area contributed by atoms with Gasteiger partial charge in [0.15, 0.2) is 0 Å². The van der Waals surface area contributed by atoms with Crippen LogP contribution in [-0.2, 0) is 12.8 Å². The van der Waals surface area contributed by atoms with Crippen LogP contribution in [0.5, 0.6) is 0 Å². The van der Waals surface area contributed by atoms with Crippen LogP contribution in [0.25, 0.3) is 21.7 Å². The van der Waals surface area contributed by atoms with Crippen molar-refractivity contribution in [1.82, 2.24) is 4.98 Å². The number of hydrogen-bond acceptors (Lipinski definition) is 2. The molecule has 132 valence electrons. The average molecular weight is 350 g/mol. The van der Waals surface area contributed by atoms with Gasteiger partial charge in [0.25, 0.3) is 0 Å². The van der Waals surface area contributed by atoms with E-state index in [2.05, 4.69) is 72.8 Å². The van der Waals surface area contributed by atoms with Crippen LogP contribution in [0.2, 0.25) is 0 Å². The third-order valence-electron chi connectivity index (χ3n) is 5.22. The van der Waals surface area contributed by atoms with E-state index >= 15 is 0 Å². The average Bonchev–Trinajstić information content (AvgIpc) is 2.73. The molecular weight excluding hydrogens is 328 g/mol. The Hall–Kier alpha value is -3.18. The molecule has 2 nitrogen and oxygen atoms in total. The van der Waals surface area contributed by atoms with Crippen molar-refractivity contribution in [1.29, 1.82) is 5.26 Å². The number of fused-ring (bicyclic) bond motifs is 3. The summed E-state index contributed by atoms with van der Waals surface area (Å²) in [7, 11) is 0.